The number of rotatable bonds is 5. The summed E-state index contributed by atoms with van der Waals surface area (Å²) in [5, 5.41) is 6.99. The first kappa shape index (κ1) is 24.8. The quantitative estimate of drug-likeness (QED) is 0.375. The number of amides is 3. The van der Waals surface area contributed by atoms with Gasteiger partial charge in [-0.15, -0.1) is 22.7 Å². The van der Waals surface area contributed by atoms with Crippen LogP contribution >= 0.6 is 22.7 Å². The fraction of sp³-hybridized carbons (Fsp3) is 0.269. The Hall–Kier alpha value is -3.83. The number of nitrogens with one attached hydrogen (secondary N) is 2. The van der Waals surface area contributed by atoms with Crippen molar-refractivity contribution in [3.05, 3.63) is 85.8 Å². The molecular formula is C26H26N6O3S2. The molecule has 190 valence electrons. The van der Waals surface area contributed by atoms with E-state index in [1.165, 1.54) is 22.7 Å². The summed E-state index contributed by atoms with van der Waals surface area (Å²) in [4.78, 5) is 45.8. The summed E-state index contributed by atoms with van der Waals surface area (Å²) >= 11 is 2.79. The van der Waals surface area contributed by atoms with Crippen LogP contribution in [0.4, 0.5) is 0 Å². The summed E-state index contributed by atoms with van der Waals surface area (Å²) in [6.07, 6.45) is 3.17. The molecule has 0 spiro atoms. The lowest BCUT2D eigenvalue weighted by Gasteiger charge is -2.31. The fourth-order valence-corrected chi connectivity index (χ4v) is 6.06. The van der Waals surface area contributed by atoms with Gasteiger partial charge in [0, 0.05) is 29.3 Å². The molecular weight excluding hydrogens is 508 g/mol. The van der Waals surface area contributed by atoms with E-state index >= 15 is 0 Å². The topological polar surface area (TPSA) is 109 Å². The maximum atomic E-state index is 13.2. The van der Waals surface area contributed by atoms with Crippen LogP contribution in [0.1, 0.15) is 64.9 Å². The second-order valence-electron chi connectivity index (χ2n) is 8.85. The van der Waals surface area contributed by atoms with Crippen molar-refractivity contribution in [2.24, 2.45) is 0 Å². The molecule has 0 bridgehead atoms. The summed E-state index contributed by atoms with van der Waals surface area (Å²) in [5.41, 5.74) is 7.48. The van der Waals surface area contributed by atoms with Gasteiger partial charge in [-0.2, -0.15) is 5.10 Å². The zero-order valence-corrected chi connectivity index (χ0v) is 22.1. The lowest BCUT2D eigenvalue weighted by Crippen LogP contribution is -2.41. The van der Waals surface area contributed by atoms with Gasteiger partial charge in [-0.3, -0.25) is 25.2 Å². The first-order valence-corrected chi connectivity index (χ1v) is 13.6. The fourth-order valence-electron chi connectivity index (χ4n) is 4.32. The van der Waals surface area contributed by atoms with E-state index in [1.807, 2.05) is 55.1 Å². The molecule has 0 aliphatic carbocycles. The van der Waals surface area contributed by atoms with Gasteiger partial charge in [0.15, 0.2) is 0 Å². The highest BCUT2D eigenvalue weighted by Gasteiger charge is 2.28. The number of hydrazine groups is 1. The van der Waals surface area contributed by atoms with Gasteiger partial charge in [-0.1, -0.05) is 18.2 Å². The van der Waals surface area contributed by atoms with Gasteiger partial charge in [-0.05, 0) is 51.0 Å². The second-order valence-corrected chi connectivity index (χ2v) is 11.0. The van der Waals surface area contributed by atoms with Gasteiger partial charge < -0.3 is 4.90 Å². The summed E-state index contributed by atoms with van der Waals surface area (Å²) in [6.45, 7) is 5.04. The van der Waals surface area contributed by atoms with Crippen LogP contribution in [0.25, 0.3) is 5.69 Å². The van der Waals surface area contributed by atoms with Crippen LogP contribution in [0, 0.1) is 13.8 Å². The minimum absolute atomic E-state index is 0.0194. The Balaban J connectivity index is 1.15. The zero-order valence-electron chi connectivity index (χ0n) is 20.4. The van der Waals surface area contributed by atoms with E-state index in [0.29, 0.717) is 23.5 Å². The number of hydrogen-bond donors (Lipinski definition) is 2. The van der Waals surface area contributed by atoms with E-state index < -0.39 is 5.91 Å². The summed E-state index contributed by atoms with van der Waals surface area (Å²) in [5.74, 6) is -0.660. The van der Waals surface area contributed by atoms with Gasteiger partial charge >= 0.3 is 0 Å². The molecule has 4 heterocycles. The Bertz CT molecular complexity index is 1430. The van der Waals surface area contributed by atoms with Gasteiger partial charge in [0.2, 0.25) is 0 Å². The number of piperidine rings is 1. The third-order valence-corrected chi connectivity index (χ3v) is 8.39. The summed E-state index contributed by atoms with van der Waals surface area (Å²) in [7, 11) is 0. The molecule has 4 aromatic rings. The van der Waals surface area contributed by atoms with E-state index in [-0.39, 0.29) is 23.4 Å². The molecule has 1 aliphatic heterocycles. The van der Waals surface area contributed by atoms with E-state index in [0.717, 1.165) is 34.1 Å². The molecule has 0 saturated carbocycles. The smallest absolute Gasteiger partial charge is 0.289 e. The predicted molar refractivity (Wildman–Crippen MR) is 142 cm³/mol. The predicted octanol–water partition coefficient (Wildman–Crippen LogP) is 4.10. The molecule has 3 amide bonds. The number of para-hydroxylation sites is 1. The van der Waals surface area contributed by atoms with Crippen molar-refractivity contribution in [2.75, 3.05) is 13.1 Å². The third-order valence-electron chi connectivity index (χ3n) is 6.38. The van der Waals surface area contributed by atoms with Crippen LogP contribution in [0.15, 0.2) is 54.0 Å². The highest BCUT2D eigenvalue weighted by Crippen LogP contribution is 2.31. The minimum atomic E-state index is -0.456. The van der Waals surface area contributed by atoms with Crippen molar-refractivity contribution in [3.63, 3.8) is 0 Å². The summed E-state index contributed by atoms with van der Waals surface area (Å²) in [6, 6.07) is 13.3. The highest BCUT2D eigenvalue weighted by atomic mass is 32.1. The first-order valence-electron chi connectivity index (χ1n) is 11.9. The maximum absolute atomic E-state index is 13.2. The number of nitrogens with zero attached hydrogens (tertiary/aromatic N) is 4. The SMILES string of the molecule is Cc1ccc(C(=O)NNC(=O)c2csc(C3CCN(C(=O)c4cnn(-c5ccccc5)c4C)CC3)n2)s1. The molecule has 5 rings (SSSR count). The molecule has 9 nitrogen and oxygen atoms in total. The Morgan fingerprint density at radius 1 is 0.973 bits per heavy atom. The monoisotopic (exact) mass is 534 g/mol. The lowest BCUT2D eigenvalue weighted by molar-refractivity contribution is 0.0712. The van der Waals surface area contributed by atoms with Crippen molar-refractivity contribution in [2.45, 2.75) is 32.6 Å². The van der Waals surface area contributed by atoms with Crippen LogP contribution in [0.3, 0.4) is 0 Å². The Morgan fingerprint density at radius 3 is 2.41 bits per heavy atom. The first-order chi connectivity index (χ1) is 17.9. The number of thiophene rings is 1. The van der Waals surface area contributed by atoms with Gasteiger partial charge in [0.05, 0.1) is 33.0 Å². The molecule has 1 saturated heterocycles. The number of benzene rings is 1. The lowest BCUT2D eigenvalue weighted by atomic mass is 9.97. The maximum Gasteiger partial charge on any atom is 0.289 e. The number of thiazole rings is 1. The van der Waals surface area contributed by atoms with Gasteiger partial charge in [0.1, 0.15) is 5.69 Å². The molecule has 3 aromatic heterocycles. The van der Waals surface area contributed by atoms with Gasteiger partial charge in [-0.25, -0.2) is 9.67 Å². The molecule has 37 heavy (non-hydrogen) atoms. The highest BCUT2D eigenvalue weighted by molar-refractivity contribution is 7.14. The molecule has 2 N–H and O–H groups in total. The molecule has 1 aromatic carbocycles. The van der Waals surface area contributed by atoms with E-state index in [9.17, 15) is 14.4 Å². The molecule has 1 aliphatic rings. The standard InChI is InChI=1S/C26H26N6O3S2/c1-16-8-9-22(37-16)24(34)30-29-23(33)21-15-36-25(28-21)18-10-12-31(13-11-18)26(35)20-14-27-32(17(20)2)19-6-4-3-5-7-19/h3-9,14-15,18H,10-13H2,1-2H3,(H,29,33)(H,30,34). The Labute approximate surface area is 222 Å². The zero-order chi connectivity index (χ0) is 25.9. The molecule has 1 fully saturated rings. The van der Waals surface area contributed by atoms with E-state index in [4.69, 9.17) is 0 Å². The van der Waals surface area contributed by atoms with Gasteiger partial charge in [0.25, 0.3) is 17.7 Å². The average Bonchev–Trinajstić information content (AvgIpc) is 3.67. The third kappa shape index (κ3) is 5.32. The normalized spacial score (nSPS) is 13.9. The van der Waals surface area contributed by atoms with Crippen LogP contribution < -0.4 is 10.9 Å². The number of aryl methyl sites for hydroxylation is 1. The second kappa shape index (κ2) is 10.7. The van der Waals surface area contributed by atoms with Crippen molar-refractivity contribution in [1.82, 2.24) is 30.5 Å². The van der Waals surface area contributed by atoms with E-state index in [1.54, 1.807) is 22.3 Å². The largest absolute Gasteiger partial charge is 0.338 e. The van der Waals surface area contributed by atoms with Crippen molar-refractivity contribution < 1.29 is 14.4 Å². The van der Waals surface area contributed by atoms with Crippen LogP contribution in [0.5, 0.6) is 0 Å². The molecule has 11 heteroatoms. The van der Waals surface area contributed by atoms with Crippen LogP contribution in [0.2, 0.25) is 0 Å². The number of aromatic nitrogens is 3. The number of hydrogen-bond acceptors (Lipinski definition) is 7. The number of carbonyl (C=O) groups excluding carboxylic acids is 3. The van der Waals surface area contributed by atoms with Crippen LogP contribution in [-0.4, -0.2) is 50.5 Å². The number of likely N-dealkylation sites (tertiary alicyclic amines) is 1. The van der Waals surface area contributed by atoms with Crippen molar-refractivity contribution in [1.29, 1.82) is 0 Å². The van der Waals surface area contributed by atoms with Crippen LogP contribution in [-0.2, 0) is 0 Å². The summed E-state index contributed by atoms with van der Waals surface area (Å²) < 4.78 is 1.78. The molecule has 0 atom stereocenters. The van der Waals surface area contributed by atoms with Crippen molar-refractivity contribution >= 4 is 40.4 Å². The average molecular weight is 535 g/mol. The molecule has 0 radical (unpaired) electrons. The van der Waals surface area contributed by atoms with Crippen molar-refractivity contribution in [3.8, 4) is 5.69 Å². The Morgan fingerprint density at radius 2 is 1.70 bits per heavy atom. The number of carbonyl (C=O) groups is 3. The van der Waals surface area contributed by atoms with E-state index in [2.05, 4.69) is 20.9 Å². The molecule has 0 unspecified atom stereocenters. The minimum Gasteiger partial charge on any atom is -0.338 e. The Kier molecular flexibility index (Phi) is 7.15.